The van der Waals surface area contributed by atoms with E-state index in [4.69, 9.17) is 9.15 Å². The summed E-state index contributed by atoms with van der Waals surface area (Å²) in [7, 11) is 1.66. The van der Waals surface area contributed by atoms with Crippen LogP contribution in [0.4, 0.5) is 0 Å². The Balaban J connectivity index is 1.61. The summed E-state index contributed by atoms with van der Waals surface area (Å²) >= 11 is 0. The normalized spacial score (nSPS) is 11.2. The van der Waals surface area contributed by atoms with E-state index in [1.807, 2.05) is 54.6 Å². The molecule has 0 fully saturated rings. The number of ether oxygens (including phenoxy) is 1. The van der Waals surface area contributed by atoms with E-state index in [1.165, 1.54) is 0 Å². The van der Waals surface area contributed by atoms with Gasteiger partial charge in [0.25, 0.3) is 0 Å². The topological polar surface area (TPSA) is 61.0 Å². The highest BCUT2D eigenvalue weighted by molar-refractivity contribution is 5.78. The highest BCUT2D eigenvalue weighted by Crippen LogP contribution is 2.23. The van der Waals surface area contributed by atoms with Crippen LogP contribution in [0.25, 0.3) is 34.8 Å². The van der Waals surface area contributed by atoms with Crippen LogP contribution in [0, 0.1) is 0 Å². The molecule has 4 aromatic rings. The Kier molecular flexibility index (Phi) is 3.96. The first kappa shape index (κ1) is 15.1. The average Bonchev–Trinajstić information content (AvgIpc) is 3.11. The van der Waals surface area contributed by atoms with Crippen molar-refractivity contribution in [3.05, 3.63) is 72.2 Å². The Bertz CT molecular complexity index is 1020. The summed E-state index contributed by atoms with van der Waals surface area (Å²) in [6.45, 7) is 0. The fraction of sp³-hybridized carbons (Fsp3) is 0.0500. The highest BCUT2D eigenvalue weighted by atomic mass is 16.5. The van der Waals surface area contributed by atoms with Gasteiger partial charge >= 0.3 is 0 Å². The number of benzene rings is 1. The first-order valence-corrected chi connectivity index (χ1v) is 7.81. The zero-order chi connectivity index (χ0) is 17.1. The van der Waals surface area contributed by atoms with Crippen LogP contribution in [0.15, 0.2) is 65.5 Å². The number of rotatable bonds is 4. The third-order valence-corrected chi connectivity index (χ3v) is 3.76. The molecule has 5 nitrogen and oxygen atoms in total. The van der Waals surface area contributed by atoms with Gasteiger partial charge in [-0.25, -0.2) is 9.97 Å². The van der Waals surface area contributed by atoms with E-state index in [2.05, 4.69) is 15.0 Å². The van der Waals surface area contributed by atoms with Gasteiger partial charge in [-0.15, -0.1) is 0 Å². The van der Waals surface area contributed by atoms with Gasteiger partial charge in [0.2, 0.25) is 11.6 Å². The molecule has 0 bridgehead atoms. The number of oxazole rings is 1. The van der Waals surface area contributed by atoms with Gasteiger partial charge in [-0.2, -0.15) is 0 Å². The smallest absolute Gasteiger partial charge is 0.247 e. The van der Waals surface area contributed by atoms with Gasteiger partial charge in [0, 0.05) is 18.6 Å². The summed E-state index contributed by atoms with van der Waals surface area (Å²) in [4.78, 5) is 12.9. The number of nitrogens with zero attached hydrogens (tertiary/aromatic N) is 3. The van der Waals surface area contributed by atoms with Gasteiger partial charge in [-0.3, -0.25) is 4.98 Å². The van der Waals surface area contributed by atoms with Crippen molar-refractivity contribution in [3.63, 3.8) is 0 Å². The minimum atomic E-state index is 0.514. The monoisotopic (exact) mass is 329 g/mol. The summed E-state index contributed by atoms with van der Waals surface area (Å²) in [5, 5.41) is 0. The van der Waals surface area contributed by atoms with E-state index in [0.29, 0.717) is 11.6 Å². The molecule has 0 N–H and O–H groups in total. The standard InChI is InChI=1S/C20H15N3O2/c1-24-17-8-6-14(7-9-17)4-5-15-11-18-20(22-12-15)25-19(23-18)16-3-2-10-21-13-16/h2-13H,1H3/b5-4+. The Morgan fingerprint density at radius 1 is 1.00 bits per heavy atom. The van der Waals surface area contributed by atoms with Crippen LogP contribution in [-0.2, 0) is 0 Å². The zero-order valence-electron chi connectivity index (χ0n) is 13.6. The van der Waals surface area contributed by atoms with Crippen molar-refractivity contribution in [1.29, 1.82) is 0 Å². The molecule has 0 aliphatic rings. The number of fused-ring (bicyclic) bond motifs is 1. The molecule has 0 saturated carbocycles. The summed E-state index contributed by atoms with van der Waals surface area (Å²) in [5.74, 6) is 1.36. The van der Waals surface area contributed by atoms with Crippen molar-refractivity contribution in [2.75, 3.05) is 7.11 Å². The minimum absolute atomic E-state index is 0.514. The van der Waals surface area contributed by atoms with Crippen molar-refractivity contribution >= 4 is 23.4 Å². The SMILES string of the molecule is COc1ccc(/C=C/c2cnc3oc(-c4cccnc4)nc3c2)cc1. The van der Waals surface area contributed by atoms with Crippen LogP contribution in [0.3, 0.4) is 0 Å². The van der Waals surface area contributed by atoms with Crippen molar-refractivity contribution in [2.45, 2.75) is 0 Å². The third kappa shape index (κ3) is 3.26. The first-order chi connectivity index (χ1) is 12.3. The quantitative estimate of drug-likeness (QED) is 0.553. The van der Waals surface area contributed by atoms with Crippen LogP contribution < -0.4 is 4.74 Å². The summed E-state index contributed by atoms with van der Waals surface area (Å²) in [6, 6.07) is 13.6. The Morgan fingerprint density at radius 2 is 1.84 bits per heavy atom. The molecule has 0 atom stereocenters. The number of hydrogen-bond acceptors (Lipinski definition) is 5. The third-order valence-electron chi connectivity index (χ3n) is 3.76. The molecular formula is C20H15N3O2. The fourth-order valence-corrected chi connectivity index (χ4v) is 2.45. The van der Waals surface area contributed by atoms with E-state index >= 15 is 0 Å². The largest absolute Gasteiger partial charge is 0.497 e. The molecule has 0 aliphatic heterocycles. The zero-order valence-corrected chi connectivity index (χ0v) is 13.6. The molecule has 0 spiro atoms. The molecule has 5 heteroatoms. The summed E-state index contributed by atoms with van der Waals surface area (Å²) in [5.41, 5.74) is 4.10. The fourth-order valence-electron chi connectivity index (χ4n) is 2.45. The van der Waals surface area contributed by atoms with E-state index < -0.39 is 0 Å². The van der Waals surface area contributed by atoms with Crippen molar-refractivity contribution in [1.82, 2.24) is 15.0 Å². The van der Waals surface area contributed by atoms with Gasteiger partial charge in [0.1, 0.15) is 11.3 Å². The second-order valence-electron chi connectivity index (χ2n) is 5.46. The van der Waals surface area contributed by atoms with Crippen molar-refractivity contribution < 1.29 is 9.15 Å². The first-order valence-electron chi connectivity index (χ1n) is 7.81. The van der Waals surface area contributed by atoms with Gasteiger partial charge in [-0.1, -0.05) is 24.3 Å². The number of pyridine rings is 2. The number of aromatic nitrogens is 3. The van der Waals surface area contributed by atoms with E-state index in [0.717, 1.165) is 28.0 Å². The van der Waals surface area contributed by atoms with Crippen LogP contribution in [0.1, 0.15) is 11.1 Å². The molecule has 0 unspecified atom stereocenters. The lowest BCUT2D eigenvalue weighted by molar-refractivity contribution is 0.415. The lowest BCUT2D eigenvalue weighted by atomic mass is 10.1. The van der Waals surface area contributed by atoms with Crippen LogP contribution in [0.2, 0.25) is 0 Å². The molecule has 1 aromatic carbocycles. The van der Waals surface area contributed by atoms with Crippen molar-refractivity contribution in [3.8, 4) is 17.2 Å². The highest BCUT2D eigenvalue weighted by Gasteiger charge is 2.09. The molecule has 0 saturated heterocycles. The lowest BCUT2D eigenvalue weighted by Crippen LogP contribution is -1.81. The molecule has 3 heterocycles. The molecular weight excluding hydrogens is 314 g/mol. The average molecular weight is 329 g/mol. The molecule has 0 amide bonds. The van der Waals surface area contributed by atoms with Crippen molar-refractivity contribution in [2.24, 2.45) is 0 Å². The molecule has 4 rings (SSSR count). The van der Waals surface area contributed by atoms with Crippen LogP contribution in [-0.4, -0.2) is 22.1 Å². The van der Waals surface area contributed by atoms with Gasteiger partial charge in [0.15, 0.2) is 0 Å². The summed E-state index contributed by atoms with van der Waals surface area (Å²) in [6.07, 6.45) is 9.21. The maximum absolute atomic E-state index is 5.70. The van der Waals surface area contributed by atoms with E-state index in [9.17, 15) is 0 Å². The Hall–Kier alpha value is -3.47. The van der Waals surface area contributed by atoms with Crippen LogP contribution in [0.5, 0.6) is 5.75 Å². The van der Waals surface area contributed by atoms with Gasteiger partial charge in [0.05, 0.1) is 12.7 Å². The molecule has 3 aromatic heterocycles. The van der Waals surface area contributed by atoms with Gasteiger partial charge in [-0.05, 0) is 41.5 Å². The Labute approximate surface area is 144 Å². The van der Waals surface area contributed by atoms with Crippen LogP contribution >= 0.6 is 0 Å². The maximum atomic E-state index is 5.70. The molecule has 0 aliphatic carbocycles. The lowest BCUT2D eigenvalue weighted by Gasteiger charge is -1.99. The second-order valence-corrected chi connectivity index (χ2v) is 5.46. The van der Waals surface area contributed by atoms with Gasteiger partial charge < -0.3 is 9.15 Å². The molecule has 25 heavy (non-hydrogen) atoms. The minimum Gasteiger partial charge on any atom is -0.497 e. The molecule has 122 valence electrons. The second kappa shape index (κ2) is 6.57. The van der Waals surface area contributed by atoms with E-state index in [1.54, 1.807) is 25.7 Å². The maximum Gasteiger partial charge on any atom is 0.247 e. The predicted octanol–water partition coefficient (Wildman–Crippen LogP) is 4.46. The predicted molar refractivity (Wildman–Crippen MR) is 97.0 cm³/mol. The summed E-state index contributed by atoms with van der Waals surface area (Å²) < 4.78 is 10.9. The number of hydrogen-bond donors (Lipinski definition) is 0. The number of methoxy groups -OCH3 is 1. The molecule has 0 radical (unpaired) electrons. The van der Waals surface area contributed by atoms with E-state index in [-0.39, 0.29) is 0 Å². The Morgan fingerprint density at radius 3 is 2.60 bits per heavy atom.